The van der Waals surface area contributed by atoms with Gasteiger partial charge in [0.25, 0.3) is 0 Å². The predicted octanol–water partition coefficient (Wildman–Crippen LogP) is 4.08. The summed E-state index contributed by atoms with van der Waals surface area (Å²) < 4.78 is 10.6. The average molecular weight is 263 g/mol. The number of hydrogen-bond donors (Lipinski definition) is 1. The molecule has 19 heavy (non-hydrogen) atoms. The van der Waals surface area contributed by atoms with Crippen molar-refractivity contribution in [2.45, 2.75) is 45.6 Å². The van der Waals surface area contributed by atoms with Crippen LogP contribution < -0.4 is 14.8 Å². The van der Waals surface area contributed by atoms with Gasteiger partial charge in [-0.3, -0.25) is 0 Å². The molecule has 3 nitrogen and oxygen atoms in total. The van der Waals surface area contributed by atoms with E-state index in [0.29, 0.717) is 11.5 Å². The average Bonchev–Trinajstić information content (AvgIpc) is 2.41. The molecule has 106 valence electrons. The van der Waals surface area contributed by atoms with Gasteiger partial charge in [-0.15, -0.1) is 0 Å². The van der Waals surface area contributed by atoms with Crippen LogP contribution >= 0.6 is 0 Å². The maximum absolute atomic E-state index is 5.33. The van der Waals surface area contributed by atoms with Gasteiger partial charge >= 0.3 is 0 Å². The summed E-state index contributed by atoms with van der Waals surface area (Å²) >= 11 is 0. The zero-order chi connectivity index (χ0) is 13.9. The first-order valence-corrected chi connectivity index (χ1v) is 7.03. The molecule has 0 spiro atoms. The van der Waals surface area contributed by atoms with Crippen molar-refractivity contribution in [3.05, 3.63) is 18.2 Å². The first-order chi connectivity index (χ1) is 9.04. The smallest absolute Gasteiger partial charge is 0.162 e. The number of ether oxygens (including phenoxy) is 2. The van der Waals surface area contributed by atoms with Gasteiger partial charge in [0.15, 0.2) is 11.5 Å². The van der Waals surface area contributed by atoms with Gasteiger partial charge in [0, 0.05) is 17.8 Å². The molecule has 1 N–H and O–H groups in total. The molecule has 0 bridgehead atoms. The van der Waals surface area contributed by atoms with Crippen LogP contribution in [0.25, 0.3) is 0 Å². The second-order valence-corrected chi connectivity index (χ2v) is 6.15. The third-order valence-corrected chi connectivity index (χ3v) is 4.09. The molecule has 1 saturated carbocycles. The molecule has 0 amide bonds. The zero-order valence-corrected chi connectivity index (χ0v) is 12.5. The molecule has 1 aromatic carbocycles. The summed E-state index contributed by atoms with van der Waals surface area (Å²) in [6.07, 6.45) is 5.05. The van der Waals surface area contributed by atoms with Crippen LogP contribution in [0.3, 0.4) is 0 Å². The van der Waals surface area contributed by atoms with Crippen LogP contribution in [-0.2, 0) is 0 Å². The summed E-state index contributed by atoms with van der Waals surface area (Å²) in [6.45, 7) is 4.72. The topological polar surface area (TPSA) is 30.5 Å². The van der Waals surface area contributed by atoms with Crippen LogP contribution in [0.2, 0.25) is 0 Å². The van der Waals surface area contributed by atoms with Crippen molar-refractivity contribution in [2.75, 3.05) is 19.5 Å². The second-order valence-electron chi connectivity index (χ2n) is 6.15. The standard InChI is InChI=1S/C16H25NO2/c1-16(2)9-7-12(8-10-16)17-13-5-6-14(18-3)15(11-13)19-4/h5-6,11-12,17H,7-10H2,1-4H3. The van der Waals surface area contributed by atoms with E-state index < -0.39 is 0 Å². The first-order valence-electron chi connectivity index (χ1n) is 7.03. The van der Waals surface area contributed by atoms with E-state index in [9.17, 15) is 0 Å². The van der Waals surface area contributed by atoms with Crippen LogP contribution in [-0.4, -0.2) is 20.3 Å². The monoisotopic (exact) mass is 263 g/mol. The number of rotatable bonds is 4. The Labute approximate surface area is 116 Å². The highest BCUT2D eigenvalue weighted by atomic mass is 16.5. The Balaban J connectivity index is 2.00. The molecule has 1 fully saturated rings. The fourth-order valence-corrected chi connectivity index (χ4v) is 2.71. The van der Waals surface area contributed by atoms with E-state index in [2.05, 4.69) is 25.2 Å². The van der Waals surface area contributed by atoms with E-state index >= 15 is 0 Å². The highest BCUT2D eigenvalue weighted by Gasteiger charge is 2.26. The van der Waals surface area contributed by atoms with Crippen LogP contribution in [0.15, 0.2) is 18.2 Å². The van der Waals surface area contributed by atoms with Crippen molar-refractivity contribution >= 4 is 5.69 Å². The first kappa shape index (κ1) is 14.0. The van der Waals surface area contributed by atoms with Crippen LogP contribution in [0.1, 0.15) is 39.5 Å². The predicted molar refractivity (Wildman–Crippen MR) is 79.2 cm³/mol. The molecule has 0 unspecified atom stereocenters. The molecular weight excluding hydrogens is 238 g/mol. The lowest BCUT2D eigenvalue weighted by Crippen LogP contribution is -2.29. The Hall–Kier alpha value is -1.38. The van der Waals surface area contributed by atoms with Gasteiger partial charge in [-0.1, -0.05) is 13.8 Å². The van der Waals surface area contributed by atoms with Crippen molar-refractivity contribution in [3.8, 4) is 11.5 Å². The molecule has 0 atom stereocenters. The van der Waals surface area contributed by atoms with Gasteiger partial charge in [-0.25, -0.2) is 0 Å². The summed E-state index contributed by atoms with van der Waals surface area (Å²) in [5.41, 5.74) is 1.62. The van der Waals surface area contributed by atoms with Gasteiger partial charge in [0.1, 0.15) is 0 Å². The van der Waals surface area contributed by atoms with Crippen LogP contribution in [0, 0.1) is 5.41 Å². The third-order valence-electron chi connectivity index (χ3n) is 4.09. The van der Waals surface area contributed by atoms with Gasteiger partial charge in [0.2, 0.25) is 0 Å². The highest BCUT2D eigenvalue weighted by molar-refractivity contribution is 5.55. The van der Waals surface area contributed by atoms with Crippen LogP contribution in [0.5, 0.6) is 11.5 Å². The molecule has 0 saturated heterocycles. The van der Waals surface area contributed by atoms with Crippen molar-refractivity contribution in [3.63, 3.8) is 0 Å². The van der Waals surface area contributed by atoms with Gasteiger partial charge in [0.05, 0.1) is 14.2 Å². The molecule has 0 aromatic heterocycles. The third kappa shape index (κ3) is 3.55. The van der Waals surface area contributed by atoms with Crippen LogP contribution in [0.4, 0.5) is 5.69 Å². The zero-order valence-electron chi connectivity index (χ0n) is 12.5. The van der Waals surface area contributed by atoms with E-state index in [0.717, 1.165) is 17.2 Å². The van der Waals surface area contributed by atoms with E-state index in [1.54, 1.807) is 14.2 Å². The summed E-state index contributed by atoms with van der Waals surface area (Å²) in [4.78, 5) is 0. The van der Waals surface area contributed by atoms with Crippen molar-refractivity contribution < 1.29 is 9.47 Å². The minimum absolute atomic E-state index is 0.510. The number of nitrogens with one attached hydrogen (secondary N) is 1. The Morgan fingerprint density at radius 1 is 1.05 bits per heavy atom. The molecular formula is C16H25NO2. The number of methoxy groups -OCH3 is 2. The number of anilines is 1. The second kappa shape index (κ2) is 5.72. The number of hydrogen-bond acceptors (Lipinski definition) is 3. The van der Waals surface area contributed by atoms with Crippen molar-refractivity contribution in [2.24, 2.45) is 5.41 Å². The fraction of sp³-hybridized carbons (Fsp3) is 0.625. The maximum atomic E-state index is 5.33. The lowest BCUT2D eigenvalue weighted by Gasteiger charge is -2.35. The molecule has 3 heteroatoms. The normalized spacial score (nSPS) is 18.9. The van der Waals surface area contributed by atoms with E-state index in [-0.39, 0.29) is 0 Å². The Morgan fingerprint density at radius 2 is 1.68 bits per heavy atom. The minimum Gasteiger partial charge on any atom is -0.493 e. The lowest BCUT2D eigenvalue weighted by atomic mass is 9.75. The van der Waals surface area contributed by atoms with E-state index in [1.807, 2.05) is 12.1 Å². The summed E-state index contributed by atoms with van der Waals surface area (Å²) in [7, 11) is 3.33. The van der Waals surface area contributed by atoms with Gasteiger partial charge in [-0.2, -0.15) is 0 Å². The molecule has 0 aliphatic heterocycles. The van der Waals surface area contributed by atoms with Crippen molar-refractivity contribution in [1.29, 1.82) is 0 Å². The molecule has 2 rings (SSSR count). The SMILES string of the molecule is COc1ccc(NC2CCC(C)(C)CC2)cc1OC. The lowest BCUT2D eigenvalue weighted by molar-refractivity contribution is 0.232. The van der Waals surface area contributed by atoms with Crippen molar-refractivity contribution in [1.82, 2.24) is 0 Å². The summed E-state index contributed by atoms with van der Waals surface area (Å²) in [5.74, 6) is 1.56. The maximum Gasteiger partial charge on any atom is 0.162 e. The molecule has 1 aromatic rings. The molecule has 1 aliphatic rings. The minimum atomic E-state index is 0.510. The molecule has 0 radical (unpaired) electrons. The van der Waals surface area contributed by atoms with E-state index in [4.69, 9.17) is 9.47 Å². The quantitative estimate of drug-likeness (QED) is 0.887. The summed E-state index contributed by atoms with van der Waals surface area (Å²) in [5, 5.41) is 3.61. The van der Waals surface area contributed by atoms with E-state index in [1.165, 1.54) is 25.7 Å². The largest absolute Gasteiger partial charge is 0.493 e. The Bertz CT molecular complexity index is 419. The highest BCUT2D eigenvalue weighted by Crippen LogP contribution is 2.37. The van der Waals surface area contributed by atoms with Gasteiger partial charge < -0.3 is 14.8 Å². The fourth-order valence-electron chi connectivity index (χ4n) is 2.71. The van der Waals surface area contributed by atoms with Gasteiger partial charge in [-0.05, 0) is 43.2 Å². The Kier molecular flexibility index (Phi) is 4.23. The Morgan fingerprint density at radius 3 is 2.26 bits per heavy atom. The summed E-state index contributed by atoms with van der Waals surface area (Å²) in [6, 6.07) is 6.60. The number of benzene rings is 1. The molecule has 0 heterocycles. The molecule has 1 aliphatic carbocycles.